The summed E-state index contributed by atoms with van der Waals surface area (Å²) in [6.45, 7) is 0.0350. The van der Waals surface area contributed by atoms with E-state index in [4.69, 9.17) is 0 Å². The van der Waals surface area contributed by atoms with Crippen LogP contribution >= 0.6 is 22.7 Å². The smallest absolute Gasteiger partial charge is 0.309 e. The van der Waals surface area contributed by atoms with Gasteiger partial charge in [-0.15, -0.1) is 22.7 Å². The zero-order chi connectivity index (χ0) is 20.0. The van der Waals surface area contributed by atoms with E-state index in [-0.39, 0.29) is 17.3 Å². The first-order chi connectivity index (χ1) is 13.5. The molecule has 0 saturated carbocycles. The molecule has 3 aromatic rings. The van der Waals surface area contributed by atoms with Crippen molar-refractivity contribution in [2.45, 2.75) is 16.0 Å². The van der Waals surface area contributed by atoms with Gasteiger partial charge in [0.05, 0.1) is 0 Å². The second-order valence-electron chi connectivity index (χ2n) is 5.86. The van der Waals surface area contributed by atoms with Crippen molar-refractivity contribution in [3.05, 3.63) is 75.8 Å². The summed E-state index contributed by atoms with van der Waals surface area (Å²) in [6.07, 6.45) is 0. The molecule has 3 rings (SSSR count). The van der Waals surface area contributed by atoms with Gasteiger partial charge in [0.1, 0.15) is 9.46 Å². The molecule has 0 fully saturated rings. The highest BCUT2D eigenvalue weighted by atomic mass is 32.2. The molecule has 2 aromatic heterocycles. The monoisotopic (exact) mass is 434 g/mol. The minimum Gasteiger partial charge on any atom is -0.346 e. The van der Waals surface area contributed by atoms with Crippen molar-refractivity contribution in [1.29, 1.82) is 0 Å². The number of nitrogens with one attached hydrogen (secondary N) is 2. The summed E-state index contributed by atoms with van der Waals surface area (Å²) in [5, 5.41) is 7.50. The van der Waals surface area contributed by atoms with Crippen LogP contribution in [0.1, 0.15) is 15.7 Å². The van der Waals surface area contributed by atoms with E-state index in [0.29, 0.717) is 4.88 Å². The Hall–Kier alpha value is -2.49. The molecule has 1 atom stereocenters. The van der Waals surface area contributed by atoms with Crippen molar-refractivity contribution in [3.63, 3.8) is 0 Å². The lowest BCUT2D eigenvalue weighted by molar-refractivity contribution is -0.139. The van der Waals surface area contributed by atoms with Crippen molar-refractivity contribution in [1.82, 2.24) is 10.6 Å². The first-order valence-corrected chi connectivity index (χ1v) is 11.7. The first kappa shape index (κ1) is 20.2. The molecule has 9 heteroatoms. The first-order valence-electron chi connectivity index (χ1n) is 8.39. The van der Waals surface area contributed by atoms with Crippen molar-refractivity contribution in [2.75, 3.05) is 6.54 Å². The van der Waals surface area contributed by atoms with Gasteiger partial charge in [0.2, 0.25) is 0 Å². The standard InChI is InChI=1S/C19H18N2O4S3/c22-18(20-12-14-6-2-1-3-7-14)19(23)21-13-16(15-8-4-10-26-15)28(24,25)17-9-5-11-27-17/h1-11,16H,12-13H2,(H,20,22)(H,21,23)/t16-/m0/s1. The Morgan fingerprint density at radius 2 is 1.54 bits per heavy atom. The lowest BCUT2D eigenvalue weighted by Crippen LogP contribution is -2.41. The van der Waals surface area contributed by atoms with E-state index in [0.717, 1.165) is 16.9 Å². The predicted molar refractivity (Wildman–Crippen MR) is 110 cm³/mol. The maximum absolute atomic E-state index is 13.0. The summed E-state index contributed by atoms with van der Waals surface area (Å²) in [5.74, 6) is -1.67. The summed E-state index contributed by atoms with van der Waals surface area (Å²) < 4.78 is 26.1. The quantitative estimate of drug-likeness (QED) is 0.559. The Morgan fingerprint density at radius 3 is 2.18 bits per heavy atom. The number of carbonyl (C=O) groups excluding carboxylic acids is 2. The van der Waals surface area contributed by atoms with E-state index in [1.165, 1.54) is 17.4 Å². The van der Waals surface area contributed by atoms with Crippen LogP contribution in [0.15, 0.2) is 69.6 Å². The maximum atomic E-state index is 13.0. The van der Waals surface area contributed by atoms with Crippen LogP contribution in [0.2, 0.25) is 0 Å². The van der Waals surface area contributed by atoms with E-state index in [9.17, 15) is 18.0 Å². The number of hydrogen-bond acceptors (Lipinski definition) is 6. The molecule has 0 spiro atoms. The highest BCUT2D eigenvalue weighted by Crippen LogP contribution is 2.33. The van der Waals surface area contributed by atoms with E-state index in [1.807, 2.05) is 30.3 Å². The molecule has 2 heterocycles. The topological polar surface area (TPSA) is 92.3 Å². The molecule has 0 saturated heterocycles. The third-order valence-electron chi connectivity index (χ3n) is 3.96. The van der Waals surface area contributed by atoms with Gasteiger partial charge in [-0.3, -0.25) is 9.59 Å². The molecule has 2 amide bonds. The SMILES string of the molecule is O=C(NCc1ccccc1)C(=O)NC[C@@H](c1cccs1)S(=O)(=O)c1cccs1. The zero-order valence-corrected chi connectivity index (χ0v) is 17.1. The Balaban J connectivity index is 1.65. The van der Waals surface area contributed by atoms with Gasteiger partial charge in [-0.25, -0.2) is 8.42 Å². The van der Waals surface area contributed by atoms with Gasteiger partial charge in [0.15, 0.2) is 9.84 Å². The van der Waals surface area contributed by atoms with Crippen LogP contribution in [0.3, 0.4) is 0 Å². The van der Waals surface area contributed by atoms with Crippen molar-refractivity contribution < 1.29 is 18.0 Å². The van der Waals surface area contributed by atoms with Gasteiger partial charge in [0, 0.05) is 18.0 Å². The highest BCUT2D eigenvalue weighted by molar-refractivity contribution is 7.93. The summed E-state index contributed by atoms with van der Waals surface area (Å²) >= 11 is 2.42. The van der Waals surface area contributed by atoms with Crippen LogP contribution in [-0.4, -0.2) is 26.8 Å². The normalized spacial score (nSPS) is 12.3. The van der Waals surface area contributed by atoms with E-state index in [1.54, 1.807) is 29.0 Å². The number of amides is 2. The molecule has 6 nitrogen and oxygen atoms in total. The largest absolute Gasteiger partial charge is 0.346 e. The summed E-state index contributed by atoms with van der Waals surface area (Å²) in [4.78, 5) is 24.8. The molecular weight excluding hydrogens is 416 g/mol. The van der Waals surface area contributed by atoms with Crippen LogP contribution in [0.4, 0.5) is 0 Å². The summed E-state index contributed by atoms with van der Waals surface area (Å²) in [7, 11) is -3.67. The molecule has 0 bridgehead atoms. The van der Waals surface area contributed by atoms with Crippen LogP contribution in [0.25, 0.3) is 0 Å². The number of thiophene rings is 2. The Labute approximate surface area is 171 Å². The minimum absolute atomic E-state index is 0.182. The second kappa shape index (κ2) is 9.13. The Kier molecular flexibility index (Phi) is 6.61. The molecule has 0 aliphatic rings. The van der Waals surface area contributed by atoms with E-state index < -0.39 is 26.9 Å². The van der Waals surface area contributed by atoms with Crippen LogP contribution < -0.4 is 10.6 Å². The van der Waals surface area contributed by atoms with Crippen molar-refractivity contribution in [3.8, 4) is 0 Å². The van der Waals surface area contributed by atoms with E-state index >= 15 is 0 Å². The number of sulfone groups is 1. The fraction of sp³-hybridized carbons (Fsp3) is 0.158. The molecule has 28 heavy (non-hydrogen) atoms. The van der Waals surface area contributed by atoms with Gasteiger partial charge >= 0.3 is 11.8 Å². The van der Waals surface area contributed by atoms with Gasteiger partial charge in [0.25, 0.3) is 0 Å². The maximum Gasteiger partial charge on any atom is 0.309 e. The lowest BCUT2D eigenvalue weighted by Gasteiger charge is -2.16. The van der Waals surface area contributed by atoms with Crippen LogP contribution in [-0.2, 0) is 26.0 Å². The van der Waals surface area contributed by atoms with Gasteiger partial charge in [-0.05, 0) is 28.5 Å². The van der Waals surface area contributed by atoms with Gasteiger partial charge in [-0.1, -0.05) is 42.5 Å². The van der Waals surface area contributed by atoms with Crippen molar-refractivity contribution in [2.24, 2.45) is 0 Å². The average Bonchev–Trinajstić information content (AvgIpc) is 3.41. The number of rotatable bonds is 7. The molecule has 0 radical (unpaired) electrons. The van der Waals surface area contributed by atoms with Crippen LogP contribution in [0.5, 0.6) is 0 Å². The number of hydrogen-bond donors (Lipinski definition) is 2. The molecule has 0 unspecified atom stereocenters. The summed E-state index contributed by atoms with van der Waals surface area (Å²) in [5.41, 5.74) is 0.861. The Bertz CT molecular complexity index is 1010. The number of carbonyl (C=O) groups is 2. The molecular formula is C19H18N2O4S3. The average molecular weight is 435 g/mol. The highest BCUT2D eigenvalue weighted by Gasteiger charge is 2.31. The molecule has 2 N–H and O–H groups in total. The van der Waals surface area contributed by atoms with Crippen LogP contribution in [0, 0.1) is 0 Å². The minimum atomic E-state index is -3.67. The zero-order valence-electron chi connectivity index (χ0n) is 14.7. The number of benzene rings is 1. The summed E-state index contributed by atoms with van der Waals surface area (Å²) in [6, 6.07) is 15.9. The molecule has 0 aliphatic heterocycles. The molecule has 1 aromatic carbocycles. The fourth-order valence-electron chi connectivity index (χ4n) is 2.53. The Morgan fingerprint density at radius 1 is 0.857 bits per heavy atom. The molecule has 0 aliphatic carbocycles. The van der Waals surface area contributed by atoms with E-state index in [2.05, 4.69) is 10.6 Å². The molecule has 146 valence electrons. The van der Waals surface area contributed by atoms with Gasteiger partial charge in [-0.2, -0.15) is 0 Å². The predicted octanol–water partition coefficient (Wildman–Crippen LogP) is 2.76. The second-order valence-corrected chi connectivity index (χ2v) is 10.1. The third-order valence-corrected chi connectivity index (χ3v) is 8.61. The van der Waals surface area contributed by atoms with Crippen molar-refractivity contribution >= 4 is 44.3 Å². The fourth-order valence-corrected chi connectivity index (χ4v) is 6.52. The van der Waals surface area contributed by atoms with Gasteiger partial charge < -0.3 is 10.6 Å². The third kappa shape index (κ3) is 4.86. The lowest BCUT2D eigenvalue weighted by atomic mass is 10.2.